The van der Waals surface area contributed by atoms with Crippen LogP contribution in [0.5, 0.6) is 5.75 Å². The molecule has 1 atom stereocenters. The molecule has 2 fully saturated rings. The number of piperidine rings is 1. The van der Waals surface area contributed by atoms with Gasteiger partial charge >= 0.3 is 0 Å². The van der Waals surface area contributed by atoms with Gasteiger partial charge in [0.05, 0.1) is 11.8 Å². The van der Waals surface area contributed by atoms with E-state index in [2.05, 4.69) is 25.7 Å². The Labute approximate surface area is 166 Å². The molecular formula is C20H29FN2O4S. The highest BCUT2D eigenvalue weighted by molar-refractivity contribution is 7.89. The van der Waals surface area contributed by atoms with Gasteiger partial charge in [-0.3, -0.25) is 9.69 Å². The minimum Gasteiger partial charge on any atom is -0.489 e. The third kappa shape index (κ3) is 5.23. The van der Waals surface area contributed by atoms with Gasteiger partial charge in [0.2, 0.25) is 10.0 Å². The molecule has 0 radical (unpaired) electrons. The molecule has 156 valence electrons. The Morgan fingerprint density at radius 1 is 1.25 bits per heavy atom. The average molecular weight is 413 g/mol. The van der Waals surface area contributed by atoms with Crippen molar-refractivity contribution in [1.82, 2.24) is 9.62 Å². The van der Waals surface area contributed by atoms with E-state index >= 15 is 0 Å². The fraction of sp³-hybridized carbons (Fsp3) is 0.650. The molecule has 1 saturated carbocycles. The summed E-state index contributed by atoms with van der Waals surface area (Å²) in [6.07, 6.45) is 4.64. The lowest BCUT2D eigenvalue weighted by atomic mass is 9.99. The Bertz CT molecular complexity index is 860. The van der Waals surface area contributed by atoms with Gasteiger partial charge in [0, 0.05) is 18.2 Å². The highest BCUT2D eigenvalue weighted by Gasteiger charge is 2.33. The van der Waals surface area contributed by atoms with Crippen molar-refractivity contribution < 1.29 is 22.3 Å². The average Bonchev–Trinajstić information content (AvgIpc) is 3.37. The van der Waals surface area contributed by atoms with E-state index in [4.69, 9.17) is 4.74 Å². The lowest BCUT2D eigenvalue weighted by Gasteiger charge is -2.41. The molecular weight excluding hydrogens is 383 g/mol. The summed E-state index contributed by atoms with van der Waals surface area (Å²) in [4.78, 5) is 14.5. The van der Waals surface area contributed by atoms with Crippen molar-refractivity contribution in [1.29, 1.82) is 0 Å². The van der Waals surface area contributed by atoms with Gasteiger partial charge in [-0.25, -0.2) is 17.5 Å². The zero-order valence-electron chi connectivity index (χ0n) is 16.9. The van der Waals surface area contributed by atoms with Gasteiger partial charge in [-0.2, -0.15) is 0 Å². The molecule has 0 aromatic heterocycles. The van der Waals surface area contributed by atoms with Crippen LogP contribution in [-0.2, 0) is 10.0 Å². The fourth-order valence-corrected chi connectivity index (χ4v) is 4.05. The van der Waals surface area contributed by atoms with Crippen molar-refractivity contribution in [2.24, 2.45) is 0 Å². The zero-order valence-corrected chi connectivity index (χ0v) is 17.7. The van der Waals surface area contributed by atoms with Gasteiger partial charge < -0.3 is 4.74 Å². The van der Waals surface area contributed by atoms with Gasteiger partial charge in [-0.15, -0.1) is 0 Å². The third-order valence-electron chi connectivity index (χ3n) is 5.26. The summed E-state index contributed by atoms with van der Waals surface area (Å²) in [7, 11) is -3.76. The highest BCUT2D eigenvalue weighted by atomic mass is 32.2. The van der Waals surface area contributed by atoms with E-state index in [1.165, 1.54) is 12.1 Å². The number of rotatable bonds is 5. The number of halogens is 1. The van der Waals surface area contributed by atoms with E-state index in [-0.39, 0.29) is 23.1 Å². The Hall–Kier alpha value is -1.67. The number of nitrogens with zero attached hydrogens (tertiary/aromatic N) is 1. The second-order valence-electron chi connectivity index (χ2n) is 8.85. The molecule has 1 saturated heterocycles. The first-order valence-electron chi connectivity index (χ1n) is 9.71. The van der Waals surface area contributed by atoms with Crippen LogP contribution in [0, 0.1) is 5.82 Å². The van der Waals surface area contributed by atoms with Crippen molar-refractivity contribution in [2.45, 2.75) is 64.0 Å². The molecule has 1 heterocycles. The number of likely N-dealkylation sites (tertiary alicyclic amines) is 1. The Balaban J connectivity index is 1.83. The largest absolute Gasteiger partial charge is 0.489 e. The normalized spacial score (nSPS) is 21.4. The molecule has 1 aromatic carbocycles. The minimum atomic E-state index is -3.76. The Kier molecular flexibility index (Phi) is 5.74. The molecule has 1 unspecified atom stereocenters. The maximum Gasteiger partial charge on any atom is 0.267 e. The standard InChI is InChI=1S/C20H29FN2O4S/c1-20(2,3)23-9-5-6-14(12-23)27-18-11-17(21)16(10-15(18)13-7-8-13)19(24)22-28(4,25)26/h10-11,13-14H,5-9,12H2,1-4H3,(H,22,24). The van der Waals surface area contributed by atoms with Gasteiger partial charge in [0.1, 0.15) is 17.7 Å². The molecule has 0 bridgehead atoms. The third-order valence-corrected chi connectivity index (χ3v) is 5.82. The first-order chi connectivity index (χ1) is 12.9. The molecule has 1 aliphatic heterocycles. The summed E-state index contributed by atoms with van der Waals surface area (Å²) in [5, 5.41) is 0. The van der Waals surface area contributed by atoms with Crippen LogP contribution in [0.4, 0.5) is 4.39 Å². The summed E-state index contributed by atoms with van der Waals surface area (Å²) >= 11 is 0. The minimum absolute atomic E-state index is 0.0411. The van der Waals surface area contributed by atoms with Crippen LogP contribution in [0.15, 0.2) is 12.1 Å². The van der Waals surface area contributed by atoms with E-state index in [0.29, 0.717) is 5.75 Å². The lowest BCUT2D eigenvalue weighted by Crippen LogP contribution is -2.50. The van der Waals surface area contributed by atoms with Crippen LogP contribution in [-0.4, -0.2) is 50.2 Å². The van der Waals surface area contributed by atoms with Crippen molar-refractivity contribution in [3.8, 4) is 5.75 Å². The second-order valence-corrected chi connectivity index (χ2v) is 10.6. The van der Waals surface area contributed by atoms with E-state index in [9.17, 15) is 17.6 Å². The van der Waals surface area contributed by atoms with Crippen molar-refractivity contribution in [2.75, 3.05) is 19.3 Å². The molecule has 1 aromatic rings. The molecule has 8 heteroatoms. The fourth-order valence-electron chi connectivity index (χ4n) is 3.61. The number of ether oxygens (including phenoxy) is 1. The number of carbonyl (C=O) groups is 1. The number of hydrogen-bond donors (Lipinski definition) is 1. The van der Waals surface area contributed by atoms with Crippen molar-refractivity contribution >= 4 is 15.9 Å². The number of benzene rings is 1. The van der Waals surface area contributed by atoms with Gasteiger partial charge in [0.25, 0.3) is 5.91 Å². The van der Waals surface area contributed by atoms with E-state index < -0.39 is 21.7 Å². The van der Waals surface area contributed by atoms with Gasteiger partial charge in [0.15, 0.2) is 0 Å². The van der Waals surface area contributed by atoms with Crippen LogP contribution in [0.1, 0.15) is 68.3 Å². The Morgan fingerprint density at radius 3 is 2.50 bits per heavy atom. The number of nitrogens with one attached hydrogen (secondary N) is 1. The molecule has 6 nitrogen and oxygen atoms in total. The van der Waals surface area contributed by atoms with Crippen LogP contribution in [0.25, 0.3) is 0 Å². The van der Waals surface area contributed by atoms with Gasteiger partial charge in [-0.05, 0) is 70.5 Å². The SMILES string of the molecule is CC(C)(C)N1CCCC(Oc2cc(F)c(C(=O)NS(C)(=O)=O)cc2C2CC2)C1. The highest BCUT2D eigenvalue weighted by Crippen LogP contribution is 2.45. The van der Waals surface area contributed by atoms with Crippen LogP contribution in [0.3, 0.4) is 0 Å². The molecule has 1 N–H and O–H groups in total. The quantitative estimate of drug-likeness (QED) is 0.805. The molecule has 2 aliphatic rings. The van der Waals surface area contributed by atoms with Crippen LogP contribution in [0.2, 0.25) is 0 Å². The number of hydrogen-bond acceptors (Lipinski definition) is 5. The summed E-state index contributed by atoms with van der Waals surface area (Å²) < 4.78 is 45.3. The summed E-state index contributed by atoms with van der Waals surface area (Å²) in [6.45, 7) is 8.28. The smallest absolute Gasteiger partial charge is 0.267 e. The number of amides is 1. The summed E-state index contributed by atoms with van der Waals surface area (Å²) in [6, 6.07) is 2.69. The molecule has 0 spiro atoms. The van der Waals surface area contributed by atoms with E-state index in [0.717, 1.165) is 50.6 Å². The maximum atomic E-state index is 14.6. The van der Waals surface area contributed by atoms with Crippen molar-refractivity contribution in [3.63, 3.8) is 0 Å². The van der Waals surface area contributed by atoms with Crippen LogP contribution >= 0.6 is 0 Å². The maximum absolute atomic E-state index is 14.6. The molecule has 28 heavy (non-hydrogen) atoms. The summed E-state index contributed by atoms with van der Waals surface area (Å²) in [5.74, 6) is -1.03. The first kappa shape index (κ1) is 21.0. The molecule has 1 amide bonds. The number of sulfonamides is 1. The van der Waals surface area contributed by atoms with Crippen molar-refractivity contribution in [3.05, 3.63) is 29.1 Å². The molecule has 1 aliphatic carbocycles. The molecule has 3 rings (SSSR count). The Morgan fingerprint density at radius 2 is 1.93 bits per heavy atom. The topological polar surface area (TPSA) is 75.7 Å². The monoisotopic (exact) mass is 412 g/mol. The predicted molar refractivity (Wildman–Crippen MR) is 106 cm³/mol. The lowest BCUT2D eigenvalue weighted by molar-refractivity contribution is 0.0341. The van der Waals surface area contributed by atoms with E-state index in [1.807, 2.05) is 4.72 Å². The predicted octanol–water partition coefficient (Wildman–Crippen LogP) is 3.03. The zero-order chi connectivity index (χ0) is 20.7. The second kappa shape index (κ2) is 7.63. The van der Waals surface area contributed by atoms with Crippen LogP contribution < -0.4 is 9.46 Å². The van der Waals surface area contributed by atoms with Gasteiger partial charge in [-0.1, -0.05) is 0 Å². The first-order valence-corrected chi connectivity index (χ1v) is 11.6. The van der Waals surface area contributed by atoms with E-state index in [1.54, 1.807) is 0 Å². The summed E-state index contributed by atoms with van der Waals surface area (Å²) in [5.41, 5.74) is 0.563. The number of carbonyl (C=O) groups excluding carboxylic acids is 1.